The number of ether oxygens (including phenoxy) is 1. The summed E-state index contributed by atoms with van der Waals surface area (Å²) in [6.45, 7) is 2.43. The number of hydrogen-bond donors (Lipinski definition) is 1. The number of benzene rings is 2. The molecule has 106 valence electrons. The summed E-state index contributed by atoms with van der Waals surface area (Å²) >= 11 is 6.17. The monoisotopic (exact) mass is 293 g/mol. The van der Waals surface area contributed by atoms with Crippen molar-refractivity contribution in [1.82, 2.24) is 5.32 Å². The summed E-state index contributed by atoms with van der Waals surface area (Å²) in [7, 11) is 1.61. The van der Waals surface area contributed by atoms with Gasteiger partial charge >= 0.3 is 0 Å². The normalized spacial score (nSPS) is 12.2. The van der Waals surface area contributed by atoms with Crippen molar-refractivity contribution in [3.05, 3.63) is 64.4 Å². The molecule has 4 heteroatoms. The fraction of sp³-hybridized carbons (Fsp3) is 0.250. The van der Waals surface area contributed by atoms with Gasteiger partial charge in [-0.1, -0.05) is 35.9 Å². The Bertz CT molecular complexity index is 588. The average Bonchev–Trinajstić information content (AvgIpc) is 2.46. The molecule has 2 rings (SSSR count). The first kappa shape index (κ1) is 14.8. The second kappa shape index (κ2) is 6.73. The fourth-order valence-corrected chi connectivity index (χ4v) is 2.33. The highest BCUT2D eigenvalue weighted by molar-refractivity contribution is 6.31. The molecule has 0 aromatic heterocycles. The van der Waals surface area contributed by atoms with E-state index >= 15 is 0 Å². The molecular weight excluding hydrogens is 277 g/mol. The van der Waals surface area contributed by atoms with Crippen molar-refractivity contribution in [2.75, 3.05) is 7.11 Å². The standard InChI is InChI=1S/C16H17ClFNO/c1-11(12-6-3-4-8-15(12)18)19-10-13-14(17)7-5-9-16(13)20-2/h3-9,11,19H,10H2,1-2H3/t11-/m1/s1. The number of nitrogens with one attached hydrogen (secondary N) is 1. The van der Waals surface area contributed by atoms with Crippen molar-refractivity contribution in [3.8, 4) is 5.75 Å². The lowest BCUT2D eigenvalue weighted by molar-refractivity contribution is 0.405. The molecule has 2 aromatic carbocycles. The van der Waals surface area contributed by atoms with E-state index in [9.17, 15) is 4.39 Å². The number of hydrogen-bond acceptors (Lipinski definition) is 2. The first-order valence-electron chi connectivity index (χ1n) is 6.42. The van der Waals surface area contributed by atoms with Gasteiger partial charge in [0.15, 0.2) is 0 Å². The SMILES string of the molecule is COc1cccc(Cl)c1CN[C@H](C)c1ccccc1F. The van der Waals surface area contributed by atoms with Gasteiger partial charge in [0, 0.05) is 28.7 Å². The van der Waals surface area contributed by atoms with Gasteiger partial charge in [-0.2, -0.15) is 0 Å². The van der Waals surface area contributed by atoms with Crippen molar-refractivity contribution in [3.63, 3.8) is 0 Å². The molecule has 0 heterocycles. The topological polar surface area (TPSA) is 21.3 Å². The smallest absolute Gasteiger partial charge is 0.127 e. The van der Waals surface area contributed by atoms with Crippen LogP contribution in [0.5, 0.6) is 5.75 Å². The highest BCUT2D eigenvalue weighted by Crippen LogP contribution is 2.27. The fourth-order valence-electron chi connectivity index (χ4n) is 2.09. The Labute approximate surface area is 123 Å². The Hall–Kier alpha value is -1.58. The van der Waals surface area contributed by atoms with Crippen LogP contribution in [0.4, 0.5) is 4.39 Å². The Morgan fingerprint density at radius 3 is 2.65 bits per heavy atom. The summed E-state index contributed by atoms with van der Waals surface area (Å²) in [5.41, 5.74) is 1.51. The van der Waals surface area contributed by atoms with Crippen LogP contribution in [0.25, 0.3) is 0 Å². The molecule has 0 spiro atoms. The highest BCUT2D eigenvalue weighted by Gasteiger charge is 2.12. The van der Waals surface area contributed by atoms with E-state index in [1.165, 1.54) is 6.07 Å². The number of methoxy groups -OCH3 is 1. The predicted molar refractivity (Wildman–Crippen MR) is 79.7 cm³/mol. The van der Waals surface area contributed by atoms with E-state index in [4.69, 9.17) is 16.3 Å². The average molecular weight is 294 g/mol. The second-order valence-electron chi connectivity index (χ2n) is 4.54. The molecule has 0 saturated heterocycles. The van der Waals surface area contributed by atoms with E-state index in [1.807, 2.05) is 31.2 Å². The molecule has 2 aromatic rings. The van der Waals surface area contributed by atoms with Crippen molar-refractivity contribution < 1.29 is 9.13 Å². The maximum atomic E-state index is 13.7. The van der Waals surface area contributed by atoms with Crippen LogP contribution in [0, 0.1) is 5.82 Å². The van der Waals surface area contributed by atoms with Crippen LogP contribution >= 0.6 is 11.6 Å². The summed E-state index contributed by atoms with van der Waals surface area (Å²) in [5, 5.41) is 3.90. The van der Waals surface area contributed by atoms with E-state index in [1.54, 1.807) is 19.2 Å². The van der Waals surface area contributed by atoms with Gasteiger partial charge in [0.05, 0.1) is 7.11 Å². The molecule has 0 aliphatic rings. The zero-order valence-corrected chi connectivity index (χ0v) is 12.2. The maximum absolute atomic E-state index is 13.7. The second-order valence-corrected chi connectivity index (χ2v) is 4.95. The molecular formula is C16H17ClFNO. The van der Waals surface area contributed by atoms with Crippen LogP contribution < -0.4 is 10.1 Å². The number of halogens is 2. The largest absolute Gasteiger partial charge is 0.496 e. The molecule has 0 amide bonds. The minimum Gasteiger partial charge on any atom is -0.496 e. The van der Waals surface area contributed by atoms with E-state index in [2.05, 4.69) is 5.32 Å². The summed E-state index contributed by atoms with van der Waals surface area (Å²) in [6.07, 6.45) is 0. The lowest BCUT2D eigenvalue weighted by Gasteiger charge is -2.17. The van der Waals surface area contributed by atoms with Crippen LogP contribution in [0.2, 0.25) is 5.02 Å². The summed E-state index contributed by atoms with van der Waals surface area (Å²) in [6, 6.07) is 12.1. The molecule has 0 radical (unpaired) electrons. The van der Waals surface area contributed by atoms with Gasteiger partial charge in [0.1, 0.15) is 11.6 Å². The van der Waals surface area contributed by atoms with Gasteiger partial charge in [0.25, 0.3) is 0 Å². The third kappa shape index (κ3) is 3.30. The van der Waals surface area contributed by atoms with Gasteiger partial charge in [-0.05, 0) is 25.1 Å². The Morgan fingerprint density at radius 2 is 1.95 bits per heavy atom. The third-order valence-corrected chi connectivity index (χ3v) is 3.61. The number of rotatable bonds is 5. The molecule has 0 bridgehead atoms. The predicted octanol–water partition coefficient (Wildman–Crippen LogP) is 4.34. The van der Waals surface area contributed by atoms with E-state index in [-0.39, 0.29) is 11.9 Å². The van der Waals surface area contributed by atoms with Crippen molar-refractivity contribution in [1.29, 1.82) is 0 Å². The molecule has 1 N–H and O–H groups in total. The molecule has 0 unspecified atom stereocenters. The molecule has 0 aliphatic heterocycles. The van der Waals surface area contributed by atoms with Crippen molar-refractivity contribution >= 4 is 11.6 Å². The van der Waals surface area contributed by atoms with E-state index in [0.717, 1.165) is 11.3 Å². The van der Waals surface area contributed by atoms with Gasteiger partial charge in [-0.3, -0.25) is 0 Å². The maximum Gasteiger partial charge on any atom is 0.127 e. The highest BCUT2D eigenvalue weighted by atomic mass is 35.5. The Balaban J connectivity index is 2.11. The third-order valence-electron chi connectivity index (χ3n) is 3.25. The molecule has 0 fully saturated rings. The summed E-state index contributed by atoms with van der Waals surface area (Å²) in [5.74, 6) is 0.518. The summed E-state index contributed by atoms with van der Waals surface area (Å²) in [4.78, 5) is 0. The molecule has 1 atom stereocenters. The lowest BCUT2D eigenvalue weighted by atomic mass is 10.1. The Morgan fingerprint density at radius 1 is 1.20 bits per heavy atom. The van der Waals surface area contributed by atoms with Crippen molar-refractivity contribution in [2.45, 2.75) is 19.5 Å². The Kier molecular flexibility index (Phi) is 4.99. The zero-order valence-electron chi connectivity index (χ0n) is 11.5. The summed E-state index contributed by atoms with van der Waals surface area (Å²) < 4.78 is 19.0. The van der Waals surface area contributed by atoms with E-state index in [0.29, 0.717) is 17.1 Å². The van der Waals surface area contributed by atoms with Gasteiger partial charge < -0.3 is 10.1 Å². The van der Waals surface area contributed by atoms with E-state index < -0.39 is 0 Å². The molecule has 2 nitrogen and oxygen atoms in total. The van der Waals surface area contributed by atoms with Crippen molar-refractivity contribution in [2.24, 2.45) is 0 Å². The van der Waals surface area contributed by atoms with Crippen LogP contribution in [-0.4, -0.2) is 7.11 Å². The quantitative estimate of drug-likeness (QED) is 0.885. The zero-order chi connectivity index (χ0) is 14.5. The van der Waals surface area contributed by atoms with Gasteiger partial charge in [-0.25, -0.2) is 4.39 Å². The van der Waals surface area contributed by atoms with Crippen LogP contribution in [0.3, 0.4) is 0 Å². The van der Waals surface area contributed by atoms with Crippen LogP contribution in [0.1, 0.15) is 24.1 Å². The molecule has 20 heavy (non-hydrogen) atoms. The molecule has 0 aliphatic carbocycles. The van der Waals surface area contributed by atoms with Crippen LogP contribution in [-0.2, 0) is 6.54 Å². The lowest BCUT2D eigenvalue weighted by Crippen LogP contribution is -2.19. The first-order valence-corrected chi connectivity index (χ1v) is 6.80. The van der Waals surface area contributed by atoms with Gasteiger partial charge in [-0.15, -0.1) is 0 Å². The first-order chi connectivity index (χ1) is 9.63. The minimum atomic E-state index is -0.210. The van der Waals surface area contributed by atoms with Gasteiger partial charge in [0.2, 0.25) is 0 Å². The molecule has 0 saturated carbocycles. The van der Waals surface area contributed by atoms with Crippen LogP contribution in [0.15, 0.2) is 42.5 Å². The minimum absolute atomic E-state index is 0.114.